The molecule has 0 aromatic rings. The van der Waals surface area contributed by atoms with E-state index in [-0.39, 0.29) is 12.4 Å². The van der Waals surface area contributed by atoms with Gasteiger partial charge >= 0.3 is 0 Å². The zero-order valence-corrected chi connectivity index (χ0v) is 8.37. The summed E-state index contributed by atoms with van der Waals surface area (Å²) in [5, 5.41) is 0. The van der Waals surface area contributed by atoms with Crippen LogP contribution in [-0.4, -0.2) is 25.5 Å². The minimum absolute atomic E-state index is 0. The predicted octanol–water partition coefficient (Wildman–Crippen LogP) is 2.41. The van der Waals surface area contributed by atoms with Gasteiger partial charge in [0.2, 0.25) is 0 Å². The van der Waals surface area contributed by atoms with Crippen molar-refractivity contribution >= 4 is 12.4 Å². The Labute approximate surface area is 71.2 Å². The first-order valence-electron chi connectivity index (χ1n) is 3.81. The Kier molecular flexibility index (Phi) is 9.48. The van der Waals surface area contributed by atoms with Gasteiger partial charge in [-0.25, -0.2) is 0 Å². The van der Waals surface area contributed by atoms with E-state index in [9.17, 15) is 0 Å². The monoisotopic (exact) mass is 165 g/mol. The number of rotatable bonds is 4. The lowest BCUT2D eigenvalue weighted by molar-refractivity contribution is 0.326. The van der Waals surface area contributed by atoms with Crippen molar-refractivity contribution in [1.29, 1.82) is 0 Å². The quantitative estimate of drug-likeness (QED) is 0.619. The molecule has 0 rings (SSSR count). The molecule has 1 nitrogen and oxygen atoms in total. The molecule has 0 amide bonds. The van der Waals surface area contributed by atoms with Crippen LogP contribution in [0.2, 0.25) is 0 Å². The molecule has 0 aliphatic heterocycles. The Morgan fingerprint density at radius 2 is 1.80 bits per heavy atom. The highest BCUT2D eigenvalue weighted by molar-refractivity contribution is 5.85. The summed E-state index contributed by atoms with van der Waals surface area (Å²) in [5.41, 5.74) is 0. The Morgan fingerprint density at radius 1 is 1.30 bits per heavy atom. The molecular formula is C8H20ClN. The molecule has 0 heterocycles. The standard InChI is InChI=1S/C8H19N.ClH/c1-5-6-8(2)7-9(3)4;/h8H,5-7H2,1-4H3;1H/t8-;/m1./s1. The first-order chi connectivity index (χ1) is 4.16. The van der Waals surface area contributed by atoms with E-state index in [0.29, 0.717) is 0 Å². The second-order valence-electron chi connectivity index (χ2n) is 3.16. The maximum absolute atomic E-state index is 2.31. The van der Waals surface area contributed by atoms with Gasteiger partial charge < -0.3 is 4.90 Å². The molecule has 0 bridgehead atoms. The van der Waals surface area contributed by atoms with Crippen molar-refractivity contribution in [2.45, 2.75) is 26.7 Å². The molecule has 0 unspecified atom stereocenters. The zero-order chi connectivity index (χ0) is 7.28. The van der Waals surface area contributed by atoms with Crippen LogP contribution in [0.15, 0.2) is 0 Å². The lowest BCUT2D eigenvalue weighted by Gasteiger charge is -2.15. The molecule has 64 valence electrons. The molecule has 0 aromatic heterocycles. The van der Waals surface area contributed by atoms with Crippen molar-refractivity contribution < 1.29 is 0 Å². The minimum Gasteiger partial charge on any atom is -0.309 e. The van der Waals surface area contributed by atoms with Crippen LogP contribution < -0.4 is 0 Å². The molecular weight excluding hydrogens is 146 g/mol. The lowest BCUT2D eigenvalue weighted by atomic mass is 10.1. The van der Waals surface area contributed by atoms with Crippen molar-refractivity contribution in [1.82, 2.24) is 4.90 Å². The molecule has 0 N–H and O–H groups in total. The van der Waals surface area contributed by atoms with Crippen LogP contribution in [0.4, 0.5) is 0 Å². The van der Waals surface area contributed by atoms with Gasteiger partial charge in [0.25, 0.3) is 0 Å². The van der Waals surface area contributed by atoms with Crippen LogP contribution >= 0.6 is 12.4 Å². The third-order valence-electron chi connectivity index (χ3n) is 1.46. The summed E-state index contributed by atoms with van der Waals surface area (Å²) < 4.78 is 0. The summed E-state index contributed by atoms with van der Waals surface area (Å²) in [7, 11) is 4.26. The van der Waals surface area contributed by atoms with E-state index in [4.69, 9.17) is 0 Å². The zero-order valence-electron chi connectivity index (χ0n) is 7.55. The average Bonchev–Trinajstić information content (AvgIpc) is 1.63. The first-order valence-corrected chi connectivity index (χ1v) is 3.81. The van der Waals surface area contributed by atoms with Gasteiger partial charge in [-0.2, -0.15) is 0 Å². The topological polar surface area (TPSA) is 3.24 Å². The van der Waals surface area contributed by atoms with E-state index in [1.807, 2.05) is 0 Å². The van der Waals surface area contributed by atoms with Gasteiger partial charge in [0, 0.05) is 6.54 Å². The summed E-state index contributed by atoms with van der Waals surface area (Å²) in [6.45, 7) is 5.78. The summed E-state index contributed by atoms with van der Waals surface area (Å²) >= 11 is 0. The van der Waals surface area contributed by atoms with Crippen molar-refractivity contribution in [2.24, 2.45) is 5.92 Å². The fourth-order valence-electron chi connectivity index (χ4n) is 1.21. The molecule has 1 atom stereocenters. The SMILES string of the molecule is CCC[C@@H](C)CN(C)C.Cl. The first kappa shape index (κ1) is 12.9. The Morgan fingerprint density at radius 3 is 2.10 bits per heavy atom. The van der Waals surface area contributed by atoms with E-state index < -0.39 is 0 Å². The number of halogens is 1. The third kappa shape index (κ3) is 8.25. The van der Waals surface area contributed by atoms with Gasteiger partial charge in [0.1, 0.15) is 0 Å². The van der Waals surface area contributed by atoms with Crippen LogP contribution in [0.3, 0.4) is 0 Å². The molecule has 0 saturated carbocycles. The van der Waals surface area contributed by atoms with Crippen molar-refractivity contribution in [3.05, 3.63) is 0 Å². The molecule has 0 aliphatic carbocycles. The second-order valence-corrected chi connectivity index (χ2v) is 3.16. The average molecular weight is 166 g/mol. The fourth-order valence-corrected chi connectivity index (χ4v) is 1.21. The highest BCUT2D eigenvalue weighted by Gasteiger charge is 1.99. The molecule has 0 aromatic carbocycles. The van der Waals surface area contributed by atoms with E-state index in [2.05, 4.69) is 32.8 Å². The van der Waals surface area contributed by atoms with Gasteiger partial charge in [0.05, 0.1) is 0 Å². The van der Waals surface area contributed by atoms with Crippen LogP contribution in [0.25, 0.3) is 0 Å². The van der Waals surface area contributed by atoms with Crippen LogP contribution in [0, 0.1) is 5.92 Å². The van der Waals surface area contributed by atoms with Gasteiger partial charge in [-0.1, -0.05) is 20.3 Å². The molecule has 0 aliphatic rings. The Hall–Kier alpha value is 0.250. The van der Waals surface area contributed by atoms with Gasteiger partial charge in [0.15, 0.2) is 0 Å². The largest absolute Gasteiger partial charge is 0.309 e. The highest BCUT2D eigenvalue weighted by atomic mass is 35.5. The smallest absolute Gasteiger partial charge is 0.0000918 e. The second kappa shape index (κ2) is 7.36. The van der Waals surface area contributed by atoms with Crippen LogP contribution in [0.1, 0.15) is 26.7 Å². The number of nitrogens with zero attached hydrogens (tertiary/aromatic N) is 1. The third-order valence-corrected chi connectivity index (χ3v) is 1.46. The molecule has 0 saturated heterocycles. The normalized spacial score (nSPS) is 12.9. The van der Waals surface area contributed by atoms with E-state index in [1.54, 1.807) is 0 Å². The highest BCUT2D eigenvalue weighted by Crippen LogP contribution is 2.04. The maximum Gasteiger partial charge on any atom is 0.0000918 e. The minimum atomic E-state index is 0. The fraction of sp³-hybridized carbons (Fsp3) is 1.00. The Balaban J connectivity index is 0. The summed E-state index contributed by atoms with van der Waals surface area (Å²) in [6.07, 6.45) is 2.67. The molecule has 2 heteroatoms. The van der Waals surface area contributed by atoms with Crippen molar-refractivity contribution in [2.75, 3.05) is 20.6 Å². The van der Waals surface area contributed by atoms with E-state index in [1.165, 1.54) is 19.4 Å². The Bertz CT molecular complexity index is 64.3. The summed E-state index contributed by atoms with van der Waals surface area (Å²) in [6, 6.07) is 0. The van der Waals surface area contributed by atoms with E-state index >= 15 is 0 Å². The van der Waals surface area contributed by atoms with Gasteiger partial charge in [-0.15, -0.1) is 12.4 Å². The summed E-state index contributed by atoms with van der Waals surface area (Å²) in [5.74, 6) is 0.866. The van der Waals surface area contributed by atoms with Gasteiger partial charge in [-0.05, 0) is 26.4 Å². The molecule has 0 spiro atoms. The van der Waals surface area contributed by atoms with Crippen LogP contribution in [0.5, 0.6) is 0 Å². The van der Waals surface area contributed by atoms with E-state index in [0.717, 1.165) is 5.92 Å². The molecule has 10 heavy (non-hydrogen) atoms. The summed E-state index contributed by atoms with van der Waals surface area (Å²) in [4.78, 5) is 2.25. The van der Waals surface area contributed by atoms with Crippen LogP contribution in [-0.2, 0) is 0 Å². The maximum atomic E-state index is 2.31. The molecule has 0 fully saturated rings. The lowest BCUT2D eigenvalue weighted by Crippen LogP contribution is -2.19. The van der Waals surface area contributed by atoms with Crippen molar-refractivity contribution in [3.63, 3.8) is 0 Å². The molecule has 0 radical (unpaired) electrons. The predicted molar refractivity (Wildman–Crippen MR) is 49.9 cm³/mol. The number of hydrogen-bond acceptors (Lipinski definition) is 1. The van der Waals surface area contributed by atoms with Crippen molar-refractivity contribution in [3.8, 4) is 0 Å². The van der Waals surface area contributed by atoms with Gasteiger partial charge in [-0.3, -0.25) is 0 Å². The number of hydrogen-bond donors (Lipinski definition) is 0.